The highest BCUT2D eigenvalue weighted by atomic mass is 35.5. The number of nitrogens with zero attached hydrogens (tertiary/aromatic N) is 1. The fraction of sp³-hybridized carbons (Fsp3) is 0.0667. The molecule has 1 unspecified atom stereocenters. The van der Waals surface area contributed by atoms with Crippen LogP contribution in [0, 0.1) is 28.8 Å². The summed E-state index contributed by atoms with van der Waals surface area (Å²) in [5.74, 6) is -7.08. The topological polar surface area (TPSA) is 40.9 Å². The van der Waals surface area contributed by atoms with E-state index in [9.17, 15) is 18.0 Å². The van der Waals surface area contributed by atoms with Gasteiger partial charge in [-0.05, 0) is 29.8 Å². The molecular formula is C15H7ClF3NO. The summed E-state index contributed by atoms with van der Waals surface area (Å²) in [6, 6.07) is 9.08. The highest BCUT2D eigenvalue weighted by Gasteiger charge is 2.27. The number of Topliss-reactive ketones (excluding diaryl/α,β-unsaturated/α-hetero) is 1. The van der Waals surface area contributed by atoms with Crippen LogP contribution in [-0.4, -0.2) is 5.78 Å². The summed E-state index contributed by atoms with van der Waals surface area (Å²) in [4.78, 5) is 12.2. The van der Waals surface area contributed by atoms with E-state index in [0.29, 0.717) is 11.1 Å². The number of benzene rings is 2. The second-order valence-corrected chi connectivity index (χ2v) is 4.64. The first-order valence-electron chi connectivity index (χ1n) is 5.78. The van der Waals surface area contributed by atoms with Crippen molar-refractivity contribution >= 4 is 17.4 Å². The lowest BCUT2D eigenvalue weighted by Crippen LogP contribution is -2.14. The van der Waals surface area contributed by atoms with Crippen LogP contribution in [0.4, 0.5) is 13.2 Å². The second kappa shape index (κ2) is 5.98. The van der Waals surface area contributed by atoms with Gasteiger partial charge in [0.1, 0.15) is 5.92 Å². The fourth-order valence-electron chi connectivity index (χ4n) is 1.84. The van der Waals surface area contributed by atoms with Crippen molar-refractivity contribution in [1.29, 1.82) is 5.26 Å². The standard InChI is InChI=1S/C15H7ClF3NO/c16-9-3-1-2-8(6-9)11(7-20)15(21)10-4-5-12(17)14(19)13(10)18/h1-6,11H. The highest BCUT2D eigenvalue weighted by Crippen LogP contribution is 2.25. The van der Waals surface area contributed by atoms with Gasteiger partial charge in [-0.1, -0.05) is 23.7 Å². The molecule has 0 bridgehead atoms. The van der Waals surface area contributed by atoms with Crippen molar-refractivity contribution in [3.05, 3.63) is 70.0 Å². The minimum atomic E-state index is -1.75. The van der Waals surface area contributed by atoms with Crippen molar-refractivity contribution in [1.82, 2.24) is 0 Å². The number of nitriles is 1. The van der Waals surface area contributed by atoms with E-state index in [1.54, 1.807) is 12.1 Å². The first-order valence-corrected chi connectivity index (χ1v) is 6.16. The van der Waals surface area contributed by atoms with Gasteiger partial charge in [0.15, 0.2) is 23.2 Å². The molecule has 21 heavy (non-hydrogen) atoms. The first kappa shape index (κ1) is 15.1. The second-order valence-electron chi connectivity index (χ2n) is 4.20. The lowest BCUT2D eigenvalue weighted by Gasteiger charge is -2.10. The van der Waals surface area contributed by atoms with Gasteiger partial charge in [0.25, 0.3) is 0 Å². The maximum Gasteiger partial charge on any atom is 0.195 e. The molecule has 6 heteroatoms. The van der Waals surface area contributed by atoms with Crippen molar-refractivity contribution in [3.63, 3.8) is 0 Å². The number of ketones is 1. The van der Waals surface area contributed by atoms with Crippen molar-refractivity contribution in [2.75, 3.05) is 0 Å². The molecule has 0 saturated carbocycles. The van der Waals surface area contributed by atoms with Gasteiger partial charge in [-0.2, -0.15) is 5.26 Å². The summed E-state index contributed by atoms with van der Waals surface area (Å²) in [6.45, 7) is 0. The Bertz CT molecular complexity index is 755. The fourth-order valence-corrected chi connectivity index (χ4v) is 2.04. The summed E-state index contributed by atoms with van der Waals surface area (Å²) in [6.07, 6.45) is 0. The number of hydrogen-bond acceptors (Lipinski definition) is 2. The Morgan fingerprint density at radius 2 is 1.86 bits per heavy atom. The molecule has 1 atom stereocenters. The maximum absolute atomic E-state index is 13.6. The van der Waals surface area contributed by atoms with Gasteiger partial charge in [0, 0.05) is 5.02 Å². The minimum absolute atomic E-state index is 0.249. The predicted octanol–water partition coefficient (Wildman–Crippen LogP) is 4.25. The monoisotopic (exact) mass is 309 g/mol. The van der Waals surface area contributed by atoms with Crippen LogP contribution in [0.2, 0.25) is 5.02 Å². The van der Waals surface area contributed by atoms with Crippen LogP contribution in [0.3, 0.4) is 0 Å². The molecule has 0 aromatic heterocycles. The number of halogens is 4. The van der Waals surface area contributed by atoms with Crippen molar-refractivity contribution in [2.45, 2.75) is 5.92 Å². The molecule has 0 aliphatic rings. The molecule has 2 nitrogen and oxygen atoms in total. The molecular weight excluding hydrogens is 303 g/mol. The van der Waals surface area contributed by atoms with Crippen molar-refractivity contribution < 1.29 is 18.0 Å². The van der Waals surface area contributed by atoms with Gasteiger partial charge in [-0.25, -0.2) is 13.2 Å². The molecule has 106 valence electrons. The van der Waals surface area contributed by atoms with Gasteiger partial charge >= 0.3 is 0 Å². The Morgan fingerprint density at radius 1 is 1.14 bits per heavy atom. The zero-order valence-electron chi connectivity index (χ0n) is 10.4. The van der Waals surface area contributed by atoms with E-state index in [4.69, 9.17) is 16.9 Å². The third kappa shape index (κ3) is 2.91. The Balaban J connectivity index is 2.47. The van der Waals surface area contributed by atoms with E-state index in [0.717, 1.165) is 6.07 Å². The molecule has 2 aromatic carbocycles. The number of carbonyl (C=O) groups is 1. The lowest BCUT2D eigenvalue weighted by molar-refractivity contribution is 0.0973. The molecule has 2 rings (SSSR count). The van der Waals surface area contributed by atoms with Gasteiger partial charge in [0.05, 0.1) is 11.6 Å². The zero-order valence-corrected chi connectivity index (χ0v) is 11.2. The molecule has 0 fully saturated rings. The Kier molecular flexibility index (Phi) is 4.29. The zero-order chi connectivity index (χ0) is 15.6. The molecule has 0 spiro atoms. The number of rotatable bonds is 3. The van der Waals surface area contributed by atoms with Crippen LogP contribution >= 0.6 is 11.6 Å². The molecule has 0 aliphatic heterocycles. The van der Waals surface area contributed by atoms with Crippen LogP contribution < -0.4 is 0 Å². The normalized spacial score (nSPS) is 11.8. The molecule has 0 amide bonds. The van der Waals surface area contributed by atoms with Gasteiger partial charge in [0.2, 0.25) is 0 Å². The smallest absolute Gasteiger partial charge is 0.195 e. The van der Waals surface area contributed by atoms with Crippen LogP contribution in [0.5, 0.6) is 0 Å². The predicted molar refractivity (Wildman–Crippen MR) is 70.5 cm³/mol. The third-order valence-electron chi connectivity index (χ3n) is 2.87. The molecule has 0 aliphatic carbocycles. The van der Waals surface area contributed by atoms with E-state index in [1.807, 2.05) is 0 Å². The molecule has 0 N–H and O–H groups in total. The van der Waals surface area contributed by atoms with E-state index < -0.39 is 34.7 Å². The van der Waals surface area contributed by atoms with Crippen LogP contribution in [0.15, 0.2) is 36.4 Å². The number of hydrogen-bond donors (Lipinski definition) is 0. The molecule has 0 radical (unpaired) electrons. The van der Waals surface area contributed by atoms with Crippen molar-refractivity contribution in [3.8, 4) is 6.07 Å². The van der Waals surface area contributed by atoms with Gasteiger partial charge in [-0.15, -0.1) is 0 Å². The summed E-state index contributed by atoms with van der Waals surface area (Å²) in [5.41, 5.74) is -0.431. The van der Waals surface area contributed by atoms with Crippen molar-refractivity contribution in [2.24, 2.45) is 0 Å². The summed E-state index contributed by atoms with van der Waals surface area (Å²) < 4.78 is 39.7. The average Bonchev–Trinajstić information content (AvgIpc) is 2.45. The van der Waals surface area contributed by atoms with Crippen LogP contribution in [0.25, 0.3) is 0 Å². The Labute approximate surface area is 123 Å². The summed E-state index contributed by atoms with van der Waals surface area (Å²) >= 11 is 5.77. The lowest BCUT2D eigenvalue weighted by atomic mass is 9.91. The molecule has 0 saturated heterocycles. The Morgan fingerprint density at radius 3 is 2.48 bits per heavy atom. The van der Waals surface area contributed by atoms with Gasteiger partial charge in [-0.3, -0.25) is 4.79 Å². The largest absolute Gasteiger partial charge is 0.292 e. The molecule has 2 aromatic rings. The maximum atomic E-state index is 13.6. The van der Waals surface area contributed by atoms with E-state index in [2.05, 4.69) is 0 Å². The SMILES string of the molecule is N#CC(C(=O)c1ccc(F)c(F)c1F)c1cccc(Cl)c1. The number of carbonyl (C=O) groups excluding carboxylic acids is 1. The summed E-state index contributed by atoms with van der Waals surface area (Å²) in [5, 5.41) is 9.41. The first-order chi connectivity index (χ1) is 9.95. The van der Waals surface area contributed by atoms with E-state index >= 15 is 0 Å². The van der Waals surface area contributed by atoms with E-state index in [-0.39, 0.29) is 5.56 Å². The van der Waals surface area contributed by atoms with Crippen LogP contribution in [0.1, 0.15) is 21.8 Å². The van der Waals surface area contributed by atoms with Gasteiger partial charge < -0.3 is 0 Å². The van der Waals surface area contributed by atoms with Crippen LogP contribution in [-0.2, 0) is 0 Å². The van der Waals surface area contributed by atoms with E-state index in [1.165, 1.54) is 18.2 Å². The highest BCUT2D eigenvalue weighted by molar-refractivity contribution is 6.30. The minimum Gasteiger partial charge on any atom is -0.292 e. The summed E-state index contributed by atoms with van der Waals surface area (Å²) in [7, 11) is 0. The Hall–Kier alpha value is -2.32. The molecule has 0 heterocycles. The quantitative estimate of drug-likeness (QED) is 0.628. The average molecular weight is 310 g/mol. The third-order valence-corrected chi connectivity index (χ3v) is 3.11.